The summed E-state index contributed by atoms with van der Waals surface area (Å²) in [6.07, 6.45) is 1.26. The number of ketones is 1. The first-order chi connectivity index (χ1) is 7.68. The third-order valence-corrected chi connectivity index (χ3v) is 2.88. The van der Waals surface area contributed by atoms with Gasteiger partial charge in [-0.15, -0.1) is 0 Å². The molecule has 0 amide bonds. The molecule has 0 aliphatic rings. The smallest absolute Gasteiger partial charge is 0.188 e. The summed E-state index contributed by atoms with van der Waals surface area (Å²) in [5.41, 5.74) is 0.437. The number of carbonyl (C=O) groups is 1. The maximum absolute atomic E-state index is 13.4. The van der Waals surface area contributed by atoms with Crippen LogP contribution in [0.15, 0.2) is 24.4 Å². The lowest BCUT2D eigenvalue weighted by molar-refractivity contribution is 0.0988. The van der Waals surface area contributed by atoms with E-state index >= 15 is 0 Å². The predicted molar refractivity (Wildman–Crippen MR) is 59.4 cm³/mol. The van der Waals surface area contributed by atoms with Gasteiger partial charge < -0.3 is 0 Å². The molecular weight excluding hydrogens is 251 g/mol. The Morgan fingerprint density at radius 1 is 1.50 bits per heavy atom. The first kappa shape index (κ1) is 11.2. The predicted octanol–water partition coefficient (Wildman–Crippen LogP) is 2.76. The van der Waals surface area contributed by atoms with E-state index in [1.807, 2.05) is 0 Å². The summed E-state index contributed by atoms with van der Waals surface area (Å²) in [7, 11) is 0. The Bertz CT molecular complexity index is 495. The fraction of sp³-hybridized carbons (Fsp3) is 0.100. The molecule has 0 saturated carbocycles. The molecule has 6 heteroatoms. The highest BCUT2D eigenvalue weighted by Crippen LogP contribution is 2.20. The summed E-state index contributed by atoms with van der Waals surface area (Å²) in [5, 5.41) is 0.247. The van der Waals surface area contributed by atoms with Gasteiger partial charge in [0, 0.05) is 17.0 Å². The highest BCUT2D eigenvalue weighted by molar-refractivity contribution is 6.99. The van der Waals surface area contributed by atoms with Crippen molar-refractivity contribution in [3.8, 4) is 0 Å². The first-order valence-electron chi connectivity index (χ1n) is 4.42. The van der Waals surface area contributed by atoms with Gasteiger partial charge in [-0.25, -0.2) is 4.39 Å². The van der Waals surface area contributed by atoms with Gasteiger partial charge in [0.05, 0.1) is 17.9 Å². The van der Waals surface area contributed by atoms with Gasteiger partial charge in [-0.2, -0.15) is 8.75 Å². The third kappa shape index (κ3) is 2.25. The standard InChI is InChI=1S/C10H6ClFN2OS/c11-7-2-1-3-8(12)6(7)4-10(15)9-5-13-16-14-9/h1-3,5H,4H2. The summed E-state index contributed by atoms with van der Waals surface area (Å²) in [6.45, 7) is 0. The van der Waals surface area contributed by atoms with Crippen molar-refractivity contribution in [3.05, 3.63) is 46.5 Å². The van der Waals surface area contributed by atoms with Crippen LogP contribution in [0.5, 0.6) is 0 Å². The van der Waals surface area contributed by atoms with Gasteiger partial charge in [-0.05, 0) is 12.1 Å². The van der Waals surface area contributed by atoms with E-state index in [0.717, 1.165) is 11.7 Å². The van der Waals surface area contributed by atoms with E-state index in [2.05, 4.69) is 8.75 Å². The Morgan fingerprint density at radius 2 is 2.31 bits per heavy atom. The van der Waals surface area contributed by atoms with Crippen molar-refractivity contribution in [2.24, 2.45) is 0 Å². The van der Waals surface area contributed by atoms with Crippen LogP contribution in [0.1, 0.15) is 16.1 Å². The Kier molecular flexibility index (Phi) is 3.26. The minimum absolute atomic E-state index is 0.100. The molecule has 1 aromatic heterocycles. The lowest BCUT2D eigenvalue weighted by Crippen LogP contribution is -2.06. The van der Waals surface area contributed by atoms with Crippen LogP contribution in [0.2, 0.25) is 5.02 Å². The molecule has 2 rings (SSSR count). The quantitative estimate of drug-likeness (QED) is 0.793. The fourth-order valence-corrected chi connectivity index (χ4v) is 1.90. The number of hydrogen-bond acceptors (Lipinski definition) is 4. The van der Waals surface area contributed by atoms with Gasteiger partial charge in [0.15, 0.2) is 5.78 Å². The second-order valence-corrected chi connectivity index (χ2v) is 4.06. The lowest BCUT2D eigenvalue weighted by atomic mass is 10.1. The van der Waals surface area contributed by atoms with Gasteiger partial charge in [0.2, 0.25) is 0 Å². The Balaban J connectivity index is 2.25. The molecule has 0 radical (unpaired) electrons. The molecule has 0 bridgehead atoms. The molecule has 82 valence electrons. The lowest BCUT2D eigenvalue weighted by Gasteiger charge is -2.03. The number of hydrogen-bond donors (Lipinski definition) is 0. The number of aromatic nitrogens is 2. The largest absolute Gasteiger partial charge is 0.292 e. The molecular formula is C10H6ClFN2OS. The number of carbonyl (C=O) groups excluding carboxylic acids is 1. The van der Waals surface area contributed by atoms with E-state index in [1.165, 1.54) is 18.3 Å². The summed E-state index contributed by atoms with van der Waals surface area (Å²) >= 11 is 6.75. The first-order valence-corrected chi connectivity index (χ1v) is 5.53. The number of Topliss-reactive ketones (excluding diaryl/α,β-unsaturated/α-hetero) is 1. The van der Waals surface area contributed by atoms with Crippen LogP contribution in [-0.2, 0) is 6.42 Å². The number of benzene rings is 1. The monoisotopic (exact) mass is 256 g/mol. The molecule has 16 heavy (non-hydrogen) atoms. The number of nitrogens with zero attached hydrogens (tertiary/aromatic N) is 2. The number of halogens is 2. The molecule has 1 heterocycles. The second-order valence-electron chi connectivity index (χ2n) is 3.09. The minimum Gasteiger partial charge on any atom is -0.292 e. The molecule has 0 aliphatic heterocycles. The second kappa shape index (κ2) is 4.67. The van der Waals surface area contributed by atoms with Crippen LogP contribution in [0, 0.1) is 5.82 Å². The van der Waals surface area contributed by atoms with Crippen molar-refractivity contribution >= 4 is 29.1 Å². The zero-order chi connectivity index (χ0) is 11.5. The van der Waals surface area contributed by atoms with Crippen molar-refractivity contribution in [2.75, 3.05) is 0 Å². The highest BCUT2D eigenvalue weighted by atomic mass is 35.5. The van der Waals surface area contributed by atoms with Crippen molar-refractivity contribution < 1.29 is 9.18 Å². The zero-order valence-electron chi connectivity index (χ0n) is 7.98. The maximum Gasteiger partial charge on any atom is 0.188 e. The van der Waals surface area contributed by atoms with E-state index in [-0.39, 0.29) is 28.5 Å². The SMILES string of the molecule is O=C(Cc1c(F)cccc1Cl)c1cnsn1. The summed E-state index contributed by atoms with van der Waals surface area (Å²) < 4.78 is 20.9. The normalized spacial score (nSPS) is 10.4. The molecule has 0 aliphatic carbocycles. The van der Waals surface area contributed by atoms with Crippen LogP contribution >= 0.6 is 23.3 Å². The Labute approximate surface area is 100 Å². The van der Waals surface area contributed by atoms with Gasteiger partial charge in [0.1, 0.15) is 11.5 Å². The molecule has 0 fully saturated rings. The van der Waals surface area contributed by atoms with Crippen molar-refractivity contribution in [3.63, 3.8) is 0 Å². The fourth-order valence-electron chi connectivity index (χ4n) is 1.24. The van der Waals surface area contributed by atoms with Crippen LogP contribution in [0.25, 0.3) is 0 Å². The highest BCUT2D eigenvalue weighted by Gasteiger charge is 2.15. The summed E-state index contributed by atoms with van der Waals surface area (Å²) in [5.74, 6) is -0.773. The molecule has 0 unspecified atom stereocenters. The van der Waals surface area contributed by atoms with Gasteiger partial charge in [0.25, 0.3) is 0 Å². The molecule has 0 N–H and O–H groups in total. The Morgan fingerprint density at radius 3 is 2.94 bits per heavy atom. The average molecular weight is 257 g/mol. The van der Waals surface area contributed by atoms with Gasteiger partial charge >= 0.3 is 0 Å². The van der Waals surface area contributed by atoms with Crippen LogP contribution in [0.4, 0.5) is 4.39 Å². The van der Waals surface area contributed by atoms with E-state index in [0.29, 0.717) is 0 Å². The van der Waals surface area contributed by atoms with Crippen LogP contribution in [0.3, 0.4) is 0 Å². The van der Waals surface area contributed by atoms with E-state index in [1.54, 1.807) is 6.07 Å². The third-order valence-electron chi connectivity index (χ3n) is 2.05. The number of rotatable bonds is 3. The van der Waals surface area contributed by atoms with Crippen molar-refractivity contribution in [1.82, 2.24) is 8.75 Å². The van der Waals surface area contributed by atoms with E-state index in [9.17, 15) is 9.18 Å². The van der Waals surface area contributed by atoms with Crippen LogP contribution in [-0.4, -0.2) is 14.5 Å². The Hall–Kier alpha value is -1.33. The minimum atomic E-state index is -0.482. The van der Waals surface area contributed by atoms with E-state index < -0.39 is 5.82 Å². The van der Waals surface area contributed by atoms with Crippen LogP contribution < -0.4 is 0 Å². The molecule has 1 aromatic carbocycles. The van der Waals surface area contributed by atoms with Crippen molar-refractivity contribution in [2.45, 2.75) is 6.42 Å². The van der Waals surface area contributed by atoms with Gasteiger partial charge in [-0.3, -0.25) is 4.79 Å². The summed E-state index contributed by atoms with van der Waals surface area (Å²) in [4.78, 5) is 11.7. The maximum atomic E-state index is 13.4. The molecule has 3 nitrogen and oxygen atoms in total. The topological polar surface area (TPSA) is 42.9 Å². The molecule has 0 atom stereocenters. The van der Waals surface area contributed by atoms with Crippen molar-refractivity contribution in [1.29, 1.82) is 0 Å². The zero-order valence-corrected chi connectivity index (χ0v) is 9.56. The molecule has 2 aromatic rings. The average Bonchev–Trinajstić information content (AvgIpc) is 2.76. The molecule has 0 saturated heterocycles. The molecule has 0 spiro atoms. The van der Waals surface area contributed by atoms with Gasteiger partial charge in [-0.1, -0.05) is 17.7 Å². The summed E-state index contributed by atoms with van der Waals surface area (Å²) in [6, 6.07) is 4.32. The van der Waals surface area contributed by atoms with E-state index in [4.69, 9.17) is 11.6 Å².